The van der Waals surface area contributed by atoms with Crippen LogP contribution in [0.3, 0.4) is 0 Å². The first-order chi connectivity index (χ1) is 9.37. The number of aliphatic hydroxyl groups is 1. The Morgan fingerprint density at radius 3 is 2.26 bits per heavy atom. The first kappa shape index (κ1) is 12.4. The van der Waals surface area contributed by atoms with Crippen molar-refractivity contribution in [2.24, 2.45) is 0 Å². The molecule has 6 heteroatoms. The highest BCUT2D eigenvalue weighted by molar-refractivity contribution is 7.46. The predicted octanol–water partition coefficient (Wildman–Crippen LogP) is 2.24. The lowest BCUT2D eigenvalue weighted by atomic mass is 10.0. The molecule has 0 aliphatic carbocycles. The van der Waals surface area contributed by atoms with Gasteiger partial charge in [-0.15, -0.1) is 0 Å². The van der Waals surface area contributed by atoms with E-state index in [2.05, 4.69) is 4.52 Å². The maximum absolute atomic E-state index is 10.7. The smallest absolute Gasteiger partial charge is 0.404 e. The fourth-order valence-corrected chi connectivity index (χ4v) is 1.98. The Kier molecular flexibility index (Phi) is 3.62. The lowest BCUT2D eigenvalue weighted by Crippen LogP contribution is -1.99. The van der Waals surface area contributed by atoms with Gasteiger partial charge in [0.25, 0.3) is 0 Å². The number of aliphatic hydroxyl groups excluding tert-OH is 1. The second-order valence-electron chi connectivity index (χ2n) is 3.88. The molecule has 0 aliphatic heterocycles. The van der Waals surface area contributed by atoms with Gasteiger partial charge in [-0.05, 0) is 23.2 Å². The van der Waals surface area contributed by atoms with Gasteiger partial charge in [-0.2, -0.15) is 0 Å². The van der Waals surface area contributed by atoms with Crippen molar-refractivity contribution < 1.29 is 25.4 Å². The van der Waals surface area contributed by atoms with Crippen LogP contribution in [0.25, 0.3) is 0 Å². The Hall–Kier alpha value is -1.65. The van der Waals surface area contributed by atoms with Crippen molar-refractivity contribution in [3.63, 3.8) is 0 Å². The van der Waals surface area contributed by atoms with Crippen molar-refractivity contribution >= 4 is 7.82 Å². The summed E-state index contributed by atoms with van der Waals surface area (Å²) in [6.07, 6.45) is -0.913. The van der Waals surface area contributed by atoms with Gasteiger partial charge in [0.05, 0.1) is 1.37 Å². The van der Waals surface area contributed by atoms with Crippen LogP contribution in [0, 0.1) is 0 Å². The summed E-state index contributed by atoms with van der Waals surface area (Å²) in [4.78, 5) is 17.4. The molecule has 0 saturated heterocycles. The van der Waals surface area contributed by atoms with Crippen LogP contribution >= 0.6 is 7.82 Å². The van der Waals surface area contributed by atoms with Crippen molar-refractivity contribution in [3.8, 4) is 5.75 Å². The average molecular weight is 281 g/mol. The van der Waals surface area contributed by atoms with Crippen molar-refractivity contribution in [3.05, 3.63) is 65.7 Å². The van der Waals surface area contributed by atoms with E-state index in [4.69, 9.17) is 11.2 Å². The molecule has 0 amide bonds. The summed E-state index contributed by atoms with van der Waals surface area (Å²) in [7, 11) is -4.69. The maximum Gasteiger partial charge on any atom is 0.524 e. The molecule has 0 spiro atoms. The molecule has 2 aromatic carbocycles. The molecule has 0 bridgehead atoms. The molecule has 0 fully saturated rings. The standard InChI is InChI=1S/C13H13O5P/c14-13(10-4-2-1-3-5-10)11-6-8-12(9-7-11)18-19(15,16)17/h1-9,13-14H,(H2,15,16,17)/i8D. The van der Waals surface area contributed by atoms with Gasteiger partial charge in [0.15, 0.2) is 0 Å². The van der Waals surface area contributed by atoms with Crippen LogP contribution in [0.4, 0.5) is 0 Å². The minimum atomic E-state index is -4.69. The Morgan fingerprint density at radius 2 is 1.68 bits per heavy atom. The molecule has 1 atom stereocenters. The highest BCUT2D eigenvalue weighted by Gasteiger charge is 2.16. The van der Waals surface area contributed by atoms with Gasteiger partial charge < -0.3 is 9.63 Å². The first-order valence-corrected chi connectivity index (χ1v) is 6.98. The largest absolute Gasteiger partial charge is 0.524 e. The van der Waals surface area contributed by atoms with E-state index >= 15 is 0 Å². The number of phosphoric ester groups is 1. The second-order valence-corrected chi connectivity index (χ2v) is 5.05. The SMILES string of the molecule is [2H]c1cc(C(O)c2ccccc2)ccc1OP(=O)(O)O. The molecule has 0 aliphatic rings. The summed E-state index contributed by atoms with van der Waals surface area (Å²) < 4.78 is 22.8. The Bertz CT molecular complexity index is 640. The van der Waals surface area contributed by atoms with E-state index in [9.17, 15) is 9.67 Å². The zero-order valence-corrected chi connectivity index (χ0v) is 10.7. The van der Waals surface area contributed by atoms with Gasteiger partial charge in [-0.1, -0.05) is 42.5 Å². The number of hydrogen-bond acceptors (Lipinski definition) is 3. The average Bonchev–Trinajstić information content (AvgIpc) is 2.40. The molecular formula is C13H13O5P. The topological polar surface area (TPSA) is 87.0 Å². The highest BCUT2D eigenvalue weighted by atomic mass is 31.2. The van der Waals surface area contributed by atoms with Gasteiger partial charge in [-0.25, -0.2) is 4.57 Å². The van der Waals surface area contributed by atoms with E-state index in [0.29, 0.717) is 11.1 Å². The summed E-state index contributed by atoms with van der Waals surface area (Å²) in [6.45, 7) is 0. The number of benzene rings is 2. The molecule has 0 aromatic heterocycles. The van der Waals surface area contributed by atoms with E-state index in [0.717, 1.165) is 0 Å². The van der Waals surface area contributed by atoms with Gasteiger partial charge in [0, 0.05) is 0 Å². The number of hydrogen-bond donors (Lipinski definition) is 3. The van der Waals surface area contributed by atoms with Gasteiger partial charge in [-0.3, -0.25) is 9.79 Å². The monoisotopic (exact) mass is 281 g/mol. The molecule has 3 N–H and O–H groups in total. The third kappa shape index (κ3) is 3.91. The van der Waals surface area contributed by atoms with Crippen LogP contribution in [-0.4, -0.2) is 14.9 Å². The summed E-state index contributed by atoms with van der Waals surface area (Å²) in [5.74, 6) is -0.234. The van der Waals surface area contributed by atoms with Crippen LogP contribution in [0.5, 0.6) is 5.75 Å². The maximum atomic E-state index is 10.7. The van der Waals surface area contributed by atoms with Crippen molar-refractivity contribution in [2.75, 3.05) is 0 Å². The van der Waals surface area contributed by atoms with Crippen LogP contribution < -0.4 is 4.52 Å². The first-order valence-electron chi connectivity index (χ1n) is 5.95. The third-order valence-electron chi connectivity index (χ3n) is 2.46. The van der Waals surface area contributed by atoms with Crippen molar-refractivity contribution in [2.45, 2.75) is 6.10 Å². The van der Waals surface area contributed by atoms with Crippen LogP contribution in [0.1, 0.15) is 18.6 Å². The fourth-order valence-electron chi connectivity index (χ4n) is 1.61. The molecule has 2 aromatic rings. The summed E-state index contributed by atoms with van der Waals surface area (Å²) in [6, 6.07) is 12.7. The molecule has 0 heterocycles. The molecule has 1 unspecified atom stereocenters. The Balaban J connectivity index is 2.27. The van der Waals surface area contributed by atoms with Crippen LogP contribution in [0.15, 0.2) is 54.6 Å². The minimum absolute atomic E-state index is 0.208. The van der Waals surface area contributed by atoms with Gasteiger partial charge in [0.2, 0.25) is 0 Å². The lowest BCUT2D eigenvalue weighted by molar-refractivity contribution is 0.220. The molecule has 0 saturated carbocycles. The number of phosphoric acid groups is 1. The van der Waals surface area contributed by atoms with E-state index in [1.165, 1.54) is 18.2 Å². The molecule has 100 valence electrons. The zero-order valence-electron chi connectivity index (χ0n) is 10.8. The van der Waals surface area contributed by atoms with E-state index in [1.807, 2.05) is 6.07 Å². The molecule has 5 nitrogen and oxygen atoms in total. The van der Waals surface area contributed by atoms with Crippen molar-refractivity contribution in [1.82, 2.24) is 0 Å². The predicted molar refractivity (Wildman–Crippen MR) is 69.6 cm³/mol. The summed E-state index contributed by atoms with van der Waals surface area (Å²) in [5.41, 5.74) is 1.11. The second kappa shape index (κ2) is 5.55. The quantitative estimate of drug-likeness (QED) is 0.748. The molecule has 0 radical (unpaired) electrons. The summed E-state index contributed by atoms with van der Waals surface area (Å²) >= 11 is 0. The van der Waals surface area contributed by atoms with Crippen LogP contribution in [-0.2, 0) is 4.57 Å². The zero-order chi connectivity index (χ0) is 14.8. The Labute approximate surface area is 111 Å². The third-order valence-corrected chi connectivity index (χ3v) is 2.89. The number of rotatable bonds is 4. The summed E-state index contributed by atoms with van der Waals surface area (Å²) in [5, 5.41) is 10.2. The van der Waals surface area contributed by atoms with E-state index < -0.39 is 13.9 Å². The molecule has 2 rings (SSSR count). The lowest BCUT2D eigenvalue weighted by Gasteiger charge is -2.12. The van der Waals surface area contributed by atoms with E-state index in [-0.39, 0.29) is 11.8 Å². The van der Waals surface area contributed by atoms with Gasteiger partial charge in [0.1, 0.15) is 11.9 Å². The highest BCUT2D eigenvalue weighted by Crippen LogP contribution is 2.37. The van der Waals surface area contributed by atoms with Gasteiger partial charge >= 0.3 is 7.82 Å². The Morgan fingerprint density at radius 1 is 1.05 bits per heavy atom. The molecular weight excluding hydrogens is 267 g/mol. The molecule has 19 heavy (non-hydrogen) atoms. The van der Waals surface area contributed by atoms with Crippen LogP contribution in [0.2, 0.25) is 0 Å². The minimum Gasteiger partial charge on any atom is -0.404 e. The van der Waals surface area contributed by atoms with E-state index in [1.54, 1.807) is 24.3 Å². The fraction of sp³-hybridized carbons (Fsp3) is 0.0769. The normalized spacial score (nSPS) is 13.7. The van der Waals surface area contributed by atoms with Crippen molar-refractivity contribution in [1.29, 1.82) is 0 Å².